The van der Waals surface area contributed by atoms with Crippen LogP contribution < -0.4 is 0 Å². The molecule has 8 atom stereocenters. The summed E-state index contributed by atoms with van der Waals surface area (Å²) in [5, 5.41) is 22.0. The second-order valence-corrected chi connectivity index (χ2v) is 11.2. The summed E-state index contributed by atoms with van der Waals surface area (Å²) < 4.78 is 0. The van der Waals surface area contributed by atoms with E-state index >= 15 is 0 Å². The van der Waals surface area contributed by atoms with Crippen molar-refractivity contribution in [3.8, 4) is 0 Å². The lowest BCUT2D eigenvalue weighted by Crippen LogP contribution is -2.56. The zero-order chi connectivity index (χ0) is 20.3. The van der Waals surface area contributed by atoms with E-state index in [9.17, 15) is 10.2 Å². The first-order chi connectivity index (χ1) is 13.9. The predicted molar refractivity (Wildman–Crippen MR) is 118 cm³/mol. The summed E-state index contributed by atoms with van der Waals surface area (Å²) in [4.78, 5) is 0. The SMILES string of the molecule is C[C@]12CC[C@@H](O)C[C@@H]1CC[C@@H]1[C@@H]2CC[C@@]2(C)[C@H]1CC[C@@]2(O)/C=C/c1ccccc1. The van der Waals surface area contributed by atoms with Gasteiger partial charge in [-0.1, -0.05) is 56.3 Å². The maximum Gasteiger partial charge on any atom is 0.0887 e. The van der Waals surface area contributed by atoms with Gasteiger partial charge < -0.3 is 10.2 Å². The van der Waals surface area contributed by atoms with Crippen LogP contribution in [0.1, 0.15) is 77.2 Å². The highest BCUT2D eigenvalue weighted by Crippen LogP contribution is 2.68. The van der Waals surface area contributed by atoms with Crippen molar-refractivity contribution in [3.63, 3.8) is 0 Å². The number of aliphatic hydroxyl groups excluding tert-OH is 1. The maximum absolute atomic E-state index is 11.8. The molecule has 4 aliphatic carbocycles. The lowest BCUT2D eigenvalue weighted by atomic mass is 9.44. The zero-order valence-corrected chi connectivity index (χ0v) is 18.2. The van der Waals surface area contributed by atoms with Crippen LogP contribution in [0.25, 0.3) is 6.08 Å². The fraction of sp³-hybridized carbons (Fsp3) is 0.704. The molecule has 0 amide bonds. The molecule has 2 heteroatoms. The largest absolute Gasteiger partial charge is 0.393 e. The molecule has 0 bridgehead atoms. The summed E-state index contributed by atoms with van der Waals surface area (Å²) in [7, 11) is 0. The molecule has 0 heterocycles. The fourth-order valence-corrected chi connectivity index (χ4v) is 8.36. The summed E-state index contributed by atoms with van der Waals surface area (Å²) in [6.07, 6.45) is 14.4. The average Bonchev–Trinajstić information content (AvgIpc) is 2.99. The molecule has 5 rings (SSSR count). The van der Waals surface area contributed by atoms with Gasteiger partial charge in [0.25, 0.3) is 0 Å². The lowest BCUT2D eigenvalue weighted by Gasteiger charge is -2.61. The average molecular weight is 395 g/mol. The molecular weight excluding hydrogens is 356 g/mol. The van der Waals surface area contributed by atoms with Crippen molar-refractivity contribution < 1.29 is 10.2 Å². The Balaban J connectivity index is 1.40. The minimum Gasteiger partial charge on any atom is -0.393 e. The van der Waals surface area contributed by atoms with Crippen molar-refractivity contribution in [2.75, 3.05) is 0 Å². The quantitative estimate of drug-likeness (QED) is 0.662. The third-order valence-electron chi connectivity index (χ3n) is 10.2. The molecule has 4 aliphatic rings. The highest BCUT2D eigenvalue weighted by molar-refractivity contribution is 5.51. The second-order valence-electron chi connectivity index (χ2n) is 11.2. The van der Waals surface area contributed by atoms with E-state index in [2.05, 4.69) is 50.3 Å². The Morgan fingerprint density at radius 1 is 0.897 bits per heavy atom. The lowest BCUT2D eigenvalue weighted by molar-refractivity contribution is -0.146. The van der Waals surface area contributed by atoms with Gasteiger partial charge in [0, 0.05) is 5.41 Å². The van der Waals surface area contributed by atoms with Gasteiger partial charge in [0.15, 0.2) is 0 Å². The van der Waals surface area contributed by atoms with Crippen molar-refractivity contribution in [1.29, 1.82) is 0 Å². The van der Waals surface area contributed by atoms with Crippen LogP contribution >= 0.6 is 0 Å². The predicted octanol–water partition coefficient (Wildman–Crippen LogP) is 5.83. The molecule has 0 radical (unpaired) electrons. The molecule has 4 saturated carbocycles. The first-order valence-corrected chi connectivity index (χ1v) is 12.0. The molecule has 0 unspecified atom stereocenters. The van der Waals surface area contributed by atoms with E-state index in [-0.39, 0.29) is 11.5 Å². The molecule has 29 heavy (non-hydrogen) atoms. The smallest absolute Gasteiger partial charge is 0.0887 e. The van der Waals surface area contributed by atoms with Crippen LogP contribution in [0.5, 0.6) is 0 Å². The van der Waals surface area contributed by atoms with Crippen molar-refractivity contribution in [1.82, 2.24) is 0 Å². The van der Waals surface area contributed by atoms with Crippen LogP contribution in [0.3, 0.4) is 0 Å². The van der Waals surface area contributed by atoms with Gasteiger partial charge in [-0.25, -0.2) is 0 Å². The Morgan fingerprint density at radius 3 is 2.45 bits per heavy atom. The van der Waals surface area contributed by atoms with E-state index in [1.807, 2.05) is 6.07 Å². The first kappa shape index (κ1) is 19.8. The fourth-order valence-electron chi connectivity index (χ4n) is 8.36. The van der Waals surface area contributed by atoms with Crippen molar-refractivity contribution >= 4 is 6.08 Å². The van der Waals surface area contributed by atoms with Gasteiger partial charge in [0.05, 0.1) is 11.7 Å². The molecule has 0 aromatic heterocycles. The molecule has 0 spiro atoms. The van der Waals surface area contributed by atoms with E-state index in [1.165, 1.54) is 31.2 Å². The monoisotopic (exact) mass is 394 g/mol. The van der Waals surface area contributed by atoms with Crippen molar-refractivity contribution in [2.45, 2.75) is 83.3 Å². The molecule has 0 aliphatic heterocycles. The number of benzene rings is 1. The topological polar surface area (TPSA) is 40.5 Å². The Bertz CT molecular complexity index is 772. The van der Waals surface area contributed by atoms with E-state index < -0.39 is 5.60 Å². The van der Waals surface area contributed by atoms with Crippen LogP contribution in [-0.4, -0.2) is 21.9 Å². The van der Waals surface area contributed by atoms with Crippen LogP contribution in [0.15, 0.2) is 36.4 Å². The van der Waals surface area contributed by atoms with E-state index in [1.54, 1.807) is 0 Å². The van der Waals surface area contributed by atoms with Gasteiger partial charge in [-0.05, 0) is 92.4 Å². The standard InChI is InChI=1S/C27H38O2/c1-25-14-11-21(28)18-20(25)8-9-22-23(25)12-15-26(2)24(22)13-17-27(26,29)16-10-19-6-4-3-5-7-19/h3-7,10,16,20-24,28-29H,8-9,11-15,17-18H2,1-2H3/b16-10+/t20-,21+,22+,23-,24-,25-,26-,27-/m0/s1. The van der Waals surface area contributed by atoms with Gasteiger partial charge in [0.1, 0.15) is 0 Å². The highest BCUT2D eigenvalue weighted by atomic mass is 16.3. The summed E-state index contributed by atoms with van der Waals surface area (Å²) in [6, 6.07) is 10.4. The Hall–Kier alpha value is -1.12. The van der Waals surface area contributed by atoms with Gasteiger partial charge >= 0.3 is 0 Å². The zero-order valence-electron chi connectivity index (χ0n) is 18.2. The van der Waals surface area contributed by atoms with Gasteiger partial charge in [-0.2, -0.15) is 0 Å². The normalized spacial score (nSPS) is 49.4. The molecule has 2 N–H and O–H groups in total. The molecule has 1 aromatic carbocycles. The number of hydrogen-bond donors (Lipinski definition) is 2. The van der Waals surface area contributed by atoms with Crippen LogP contribution in [0.4, 0.5) is 0 Å². The van der Waals surface area contributed by atoms with E-state index in [0.29, 0.717) is 17.3 Å². The number of aliphatic hydroxyl groups is 2. The Kier molecular flexibility index (Phi) is 4.75. The maximum atomic E-state index is 11.8. The number of fused-ring (bicyclic) bond motifs is 5. The van der Waals surface area contributed by atoms with Gasteiger partial charge in [-0.3, -0.25) is 0 Å². The first-order valence-electron chi connectivity index (χ1n) is 12.0. The molecule has 4 fully saturated rings. The van der Waals surface area contributed by atoms with E-state index in [4.69, 9.17) is 0 Å². The minimum absolute atomic E-state index is 0.00315. The molecular formula is C27H38O2. The van der Waals surface area contributed by atoms with Crippen LogP contribution in [-0.2, 0) is 0 Å². The second kappa shape index (κ2) is 6.95. The molecule has 1 aromatic rings. The number of rotatable bonds is 2. The van der Waals surface area contributed by atoms with Crippen LogP contribution in [0, 0.1) is 34.5 Å². The van der Waals surface area contributed by atoms with Gasteiger partial charge in [0.2, 0.25) is 0 Å². The summed E-state index contributed by atoms with van der Waals surface area (Å²) in [5.74, 6) is 2.88. The third-order valence-corrected chi connectivity index (χ3v) is 10.2. The summed E-state index contributed by atoms with van der Waals surface area (Å²) >= 11 is 0. The van der Waals surface area contributed by atoms with E-state index in [0.717, 1.165) is 43.9 Å². The third kappa shape index (κ3) is 2.97. The number of hydrogen-bond acceptors (Lipinski definition) is 2. The minimum atomic E-state index is -0.682. The molecule has 2 nitrogen and oxygen atoms in total. The summed E-state index contributed by atoms with van der Waals surface area (Å²) in [6.45, 7) is 4.93. The highest BCUT2D eigenvalue weighted by Gasteiger charge is 2.63. The van der Waals surface area contributed by atoms with Gasteiger partial charge in [-0.15, -0.1) is 0 Å². The Labute approximate surface area is 176 Å². The van der Waals surface area contributed by atoms with Crippen LogP contribution in [0.2, 0.25) is 0 Å². The molecule has 158 valence electrons. The summed E-state index contributed by atoms with van der Waals surface area (Å²) in [5.41, 5.74) is 0.898. The molecule has 0 saturated heterocycles. The van der Waals surface area contributed by atoms with Crippen molar-refractivity contribution in [2.24, 2.45) is 34.5 Å². The van der Waals surface area contributed by atoms with Crippen molar-refractivity contribution in [3.05, 3.63) is 42.0 Å². The Morgan fingerprint density at radius 2 is 1.66 bits per heavy atom.